The molecule has 2 heterocycles. The Morgan fingerprint density at radius 3 is 2.39 bits per heavy atom. The first-order valence-electron chi connectivity index (χ1n) is 10.3. The van der Waals surface area contributed by atoms with E-state index in [9.17, 15) is 9.59 Å². The van der Waals surface area contributed by atoms with Gasteiger partial charge in [-0.1, -0.05) is 25.5 Å². The molecule has 2 aliphatic rings. The number of piperazine rings is 1. The van der Waals surface area contributed by atoms with Gasteiger partial charge in [0.2, 0.25) is 5.91 Å². The molecule has 1 N–H and O–H groups in total. The number of nitrogens with one attached hydrogen (secondary N) is 1. The van der Waals surface area contributed by atoms with Crippen molar-refractivity contribution in [1.82, 2.24) is 15.1 Å². The number of thioether (sulfide) groups is 2. The molecule has 2 fully saturated rings. The van der Waals surface area contributed by atoms with Crippen LogP contribution >= 0.6 is 23.5 Å². The minimum absolute atomic E-state index is 0.0854. The van der Waals surface area contributed by atoms with Gasteiger partial charge in [-0.15, -0.1) is 23.5 Å². The van der Waals surface area contributed by atoms with E-state index in [1.54, 1.807) is 0 Å². The zero-order valence-corrected chi connectivity index (χ0v) is 18.3. The fourth-order valence-electron chi connectivity index (χ4n) is 3.42. The zero-order valence-electron chi connectivity index (χ0n) is 16.7. The van der Waals surface area contributed by atoms with Crippen LogP contribution in [0.4, 0.5) is 0 Å². The Morgan fingerprint density at radius 2 is 1.75 bits per heavy atom. The van der Waals surface area contributed by atoms with Gasteiger partial charge in [-0.2, -0.15) is 0 Å². The highest BCUT2D eigenvalue weighted by Gasteiger charge is 2.24. The van der Waals surface area contributed by atoms with Gasteiger partial charge in [0.25, 0.3) is 5.91 Å². The normalized spacial score (nSPS) is 18.8. The van der Waals surface area contributed by atoms with E-state index in [0.29, 0.717) is 24.2 Å². The molecule has 3 rings (SSSR count). The summed E-state index contributed by atoms with van der Waals surface area (Å²) in [7, 11) is 0. The Bertz CT molecular complexity index is 640. The van der Waals surface area contributed by atoms with E-state index in [1.807, 2.05) is 40.6 Å². The van der Waals surface area contributed by atoms with Crippen molar-refractivity contribution in [1.29, 1.82) is 0 Å². The maximum atomic E-state index is 12.8. The molecule has 0 aromatic heterocycles. The number of unbranched alkanes of at least 4 members (excludes halogenated alkanes) is 1. The first-order chi connectivity index (χ1) is 13.7. The van der Waals surface area contributed by atoms with Crippen molar-refractivity contribution in [2.24, 2.45) is 0 Å². The summed E-state index contributed by atoms with van der Waals surface area (Å²) >= 11 is 4.00. The second-order valence-electron chi connectivity index (χ2n) is 7.32. The van der Waals surface area contributed by atoms with Gasteiger partial charge in [-0.25, -0.2) is 0 Å². The SMILES string of the molecule is CCCCNC(=O)CN1CCN(C(=O)c2ccc(C3SCCCS3)cc2)CC1. The third-order valence-electron chi connectivity index (χ3n) is 5.14. The molecule has 2 aliphatic heterocycles. The van der Waals surface area contributed by atoms with Crippen molar-refractivity contribution < 1.29 is 9.59 Å². The number of nitrogens with zero attached hydrogens (tertiary/aromatic N) is 2. The van der Waals surface area contributed by atoms with Gasteiger partial charge in [0.1, 0.15) is 0 Å². The van der Waals surface area contributed by atoms with Crippen LogP contribution in [0, 0.1) is 0 Å². The van der Waals surface area contributed by atoms with Gasteiger partial charge in [0.15, 0.2) is 0 Å². The number of carbonyl (C=O) groups is 2. The monoisotopic (exact) mass is 421 g/mol. The predicted molar refractivity (Wildman–Crippen MR) is 119 cm³/mol. The Labute approximate surface area is 177 Å². The van der Waals surface area contributed by atoms with Gasteiger partial charge in [-0.3, -0.25) is 14.5 Å². The molecule has 5 nitrogen and oxygen atoms in total. The number of hydrogen-bond donors (Lipinski definition) is 1. The lowest BCUT2D eigenvalue weighted by atomic mass is 10.1. The number of amides is 2. The highest BCUT2D eigenvalue weighted by atomic mass is 32.2. The van der Waals surface area contributed by atoms with Crippen molar-refractivity contribution in [3.63, 3.8) is 0 Å². The van der Waals surface area contributed by atoms with Gasteiger partial charge in [0.05, 0.1) is 11.1 Å². The van der Waals surface area contributed by atoms with E-state index in [0.717, 1.165) is 38.0 Å². The first kappa shape index (κ1) is 21.5. The lowest BCUT2D eigenvalue weighted by Crippen LogP contribution is -2.51. The summed E-state index contributed by atoms with van der Waals surface area (Å²) in [6.07, 6.45) is 3.39. The molecule has 1 aromatic rings. The van der Waals surface area contributed by atoms with Gasteiger partial charge in [0, 0.05) is 38.3 Å². The molecule has 0 unspecified atom stereocenters. The molecule has 7 heteroatoms. The van der Waals surface area contributed by atoms with Crippen LogP contribution in [-0.2, 0) is 4.79 Å². The van der Waals surface area contributed by atoms with E-state index in [4.69, 9.17) is 0 Å². The fourth-order valence-corrected chi connectivity index (χ4v) is 6.31. The van der Waals surface area contributed by atoms with Crippen LogP contribution in [0.5, 0.6) is 0 Å². The number of rotatable bonds is 7. The smallest absolute Gasteiger partial charge is 0.253 e. The lowest BCUT2D eigenvalue weighted by Gasteiger charge is -2.34. The van der Waals surface area contributed by atoms with E-state index in [-0.39, 0.29) is 11.8 Å². The van der Waals surface area contributed by atoms with Crippen molar-refractivity contribution in [3.05, 3.63) is 35.4 Å². The Morgan fingerprint density at radius 1 is 1.07 bits per heavy atom. The molecular weight excluding hydrogens is 390 g/mol. The molecular formula is C21H31N3O2S2. The molecule has 0 saturated carbocycles. The number of carbonyl (C=O) groups excluding carboxylic acids is 2. The highest BCUT2D eigenvalue weighted by Crippen LogP contribution is 2.43. The van der Waals surface area contributed by atoms with Crippen molar-refractivity contribution >= 4 is 35.3 Å². The minimum Gasteiger partial charge on any atom is -0.355 e. The highest BCUT2D eigenvalue weighted by molar-refractivity contribution is 8.16. The third-order valence-corrected chi connectivity index (χ3v) is 8.15. The Balaban J connectivity index is 1.45. The van der Waals surface area contributed by atoms with Crippen LogP contribution in [0.3, 0.4) is 0 Å². The quantitative estimate of drug-likeness (QED) is 0.685. The lowest BCUT2D eigenvalue weighted by molar-refractivity contribution is -0.122. The second-order valence-corrected chi connectivity index (χ2v) is 10.0. The molecule has 154 valence electrons. The average molecular weight is 422 g/mol. The standard InChI is InChI=1S/C21H31N3O2S2/c1-2-3-9-22-19(25)16-23-10-12-24(13-11-23)20(26)17-5-7-18(8-6-17)21-27-14-4-15-28-21/h5-8,21H,2-4,9-16H2,1H3,(H,22,25). The average Bonchev–Trinajstić information content (AvgIpc) is 2.75. The van der Waals surface area contributed by atoms with Crippen LogP contribution in [0.2, 0.25) is 0 Å². The van der Waals surface area contributed by atoms with Crippen molar-refractivity contribution in [3.8, 4) is 0 Å². The molecule has 0 bridgehead atoms. The van der Waals surface area contributed by atoms with Gasteiger partial charge >= 0.3 is 0 Å². The predicted octanol–water partition coefficient (Wildman–Crippen LogP) is 3.23. The molecule has 0 atom stereocenters. The van der Waals surface area contributed by atoms with Gasteiger partial charge in [-0.05, 0) is 42.0 Å². The minimum atomic E-state index is 0.0854. The third kappa shape index (κ3) is 6.16. The summed E-state index contributed by atoms with van der Waals surface area (Å²) in [6.45, 7) is 6.15. The zero-order chi connectivity index (χ0) is 19.8. The summed E-state index contributed by atoms with van der Waals surface area (Å²) in [6, 6.07) is 8.17. The maximum absolute atomic E-state index is 12.8. The Kier molecular flexibility index (Phi) is 8.55. The fraction of sp³-hybridized carbons (Fsp3) is 0.619. The topological polar surface area (TPSA) is 52.7 Å². The second kappa shape index (κ2) is 11.1. The molecule has 28 heavy (non-hydrogen) atoms. The Hall–Kier alpha value is -1.18. The molecule has 0 aliphatic carbocycles. The number of hydrogen-bond acceptors (Lipinski definition) is 5. The molecule has 0 spiro atoms. The van der Waals surface area contributed by atoms with Crippen LogP contribution < -0.4 is 5.32 Å². The molecule has 2 saturated heterocycles. The van der Waals surface area contributed by atoms with Crippen LogP contribution in [0.1, 0.15) is 46.7 Å². The van der Waals surface area contributed by atoms with Crippen LogP contribution in [-0.4, -0.2) is 72.4 Å². The molecule has 2 amide bonds. The summed E-state index contributed by atoms with van der Waals surface area (Å²) < 4.78 is 0.505. The van der Waals surface area contributed by atoms with E-state index in [1.165, 1.54) is 23.5 Å². The van der Waals surface area contributed by atoms with Crippen LogP contribution in [0.15, 0.2) is 24.3 Å². The van der Waals surface area contributed by atoms with E-state index >= 15 is 0 Å². The summed E-state index contributed by atoms with van der Waals surface area (Å²) in [4.78, 5) is 28.8. The number of benzene rings is 1. The largest absolute Gasteiger partial charge is 0.355 e. The van der Waals surface area contributed by atoms with Crippen molar-refractivity contribution in [2.45, 2.75) is 30.8 Å². The van der Waals surface area contributed by atoms with E-state index < -0.39 is 0 Å². The van der Waals surface area contributed by atoms with Crippen LogP contribution in [0.25, 0.3) is 0 Å². The first-order valence-corrected chi connectivity index (χ1v) is 12.4. The summed E-state index contributed by atoms with van der Waals surface area (Å²) in [5, 5.41) is 2.96. The van der Waals surface area contributed by atoms with E-state index in [2.05, 4.69) is 29.3 Å². The summed E-state index contributed by atoms with van der Waals surface area (Å²) in [5.41, 5.74) is 2.07. The summed E-state index contributed by atoms with van der Waals surface area (Å²) in [5.74, 6) is 2.63. The molecule has 0 radical (unpaired) electrons. The maximum Gasteiger partial charge on any atom is 0.253 e. The van der Waals surface area contributed by atoms with Gasteiger partial charge < -0.3 is 10.2 Å². The van der Waals surface area contributed by atoms with Crippen molar-refractivity contribution in [2.75, 3.05) is 50.8 Å². The molecule has 1 aromatic carbocycles.